The molecule has 0 radical (unpaired) electrons. The summed E-state index contributed by atoms with van der Waals surface area (Å²) in [6, 6.07) is 3.57. The van der Waals surface area contributed by atoms with Crippen molar-refractivity contribution in [2.75, 3.05) is 26.7 Å². The number of carbonyl (C=O) groups excluding carboxylic acids is 1. The molecule has 112 valence electrons. The highest BCUT2D eigenvalue weighted by Crippen LogP contribution is 2.21. The van der Waals surface area contributed by atoms with Gasteiger partial charge in [0, 0.05) is 26.4 Å². The lowest BCUT2D eigenvalue weighted by Gasteiger charge is -2.36. The fraction of sp³-hybridized carbons (Fsp3) is 0.500. The molecule has 5 nitrogen and oxygen atoms in total. The van der Waals surface area contributed by atoms with Crippen LogP contribution in [-0.2, 0) is 4.74 Å². The Kier molecular flexibility index (Phi) is 5.32. The Morgan fingerprint density at radius 2 is 2.43 bits per heavy atom. The molecule has 0 bridgehead atoms. The standard InChI is InChI=1S/C16H21N3O2/c1-12-7-10-19(11-14(12)21-2)16(20)15-13(5-3-8-17)6-4-9-18-15/h4,6,9,12,14H,7-8,10-11,17H2,1-2H3. The molecule has 0 spiro atoms. The molecular formula is C16H21N3O2. The van der Waals surface area contributed by atoms with Crippen LogP contribution in [0, 0.1) is 17.8 Å². The second-order valence-electron chi connectivity index (χ2n) is 5.20. The van der Waals surface area contributed by atoms with E-state index in [2.05, 4.69) is 23.7 Å². The average Bonchev–Trinajstić information content (AvgIpc) is 2.53. The van der Waals surface area contributed by atoms with Crippen molar-refractivity contribution in [1.29, 1.82) is 0 Å². The van der Waals surface area contributed by atoms with Gasteiger partial charge in [-0.1, -0.05) is 18.8 Å². The van der Waals surface area contributed by atoms with Gasteiger partial charge in [0.2, 0.25) is 0 Å². The Labute approximate surface area is 125 Å². The fourth-order valence-electron chi connectivity index (χ4n) is 2.50. The molecule has 21 heavy (non-hydrogen) atoms. The summed E-state index contributed by atoms with van der Waals surface area (Å²) in [6.45, 7) is 3.72. The van der Waals surface area contributed by atoms with Crippen molar-refractivity contribution in [1.82, 2.24) is 9.88 Å². The molecule has 0 aliphatic carbocycles. The predicted molar refractivity (Wildman–Crippen MR) is 80.7 cm³/mol. The molecule has 2 unspecified atom stereocenters. The van der Waals surface area contributed by atoms with Crippen molar-refractivity contribution in [3.63, 3.8) is 0 Å². The van der Waals surface area contributed by atoms with Gasteiger partial charge >= 0.3 is 0 Å². The van der Waals surface area contributed by atoms with Gasteiger partial charge in [0.15, 0.2) is 0 Å². The molecule has 2 rings (SSSR count). The first-order valence-corrected chi connectivity index (χ1v) is 7.13. The summed E-state index contributed by atoms with van der Waals surface area (Å²) in [5, 5.41) is 0. The monoisotopic (exact) mass is 287 g/mol. The zero-order valence-electron chi connectivity index (χ0n) is 12.5. The van der Waals surface area contributed by atoms with Gasteiger partial charge in [-0.2, -0.15) is 0 Å². The van der Waals surface area contributed by atoms with E-state index < -0.39 is 0 Å². The van der Waals surface area contributed by atoms with E-state index in [0.717, 1.165) is 13.0 Å². The largest absolute Gasteiger partial charge is 0.379 e. The molecule has 1 aromatic rings. The SMILES string of the molecule is COC1CN(C(=O)c2ncccc2C#CCN)CCC1C. The molecule has 1 amide bonds. The summed E-state index contributed by atoms with van der Waals surface area (Å²) >= 11 is 0. The van der Waals surface area contributed by atoms with Crippen molar-refractivity contribution in [3.05, 3.63) is 29.6 Å². The number of hydrogen-bond acceptors (Lipinski definition) is 4. The molecule has 0 saturated carbocycles. The van der Waals surface area contributed by atoms with Crippen LogP contribution in [0.15, 0.2) is 18.3 Å². The fourth-order valence-corrected chi connectivity index (χ4v) is 2.50. The number of ether oxygens (including phenoxy) is 1. The first-order chi connectivity index (χ1) is 10.2. The maximum atomic E-state index is 12.7. The molecule has 2 atom stereocenters. The smallest absolute Gasteiger partial charge is 0.273 e. The molecule has 1 aromatic heterocycles. The molecule has 0 aromatic carbocycles. The van der Waals surface area contributed by atoms with Crippen LogP contribution in [0.3, 0.4) is 0 Å². The van der Waals surface area contributed by atoms with Crippen LogP contribution in [0.5, 0.6) is 0 Å². The number of methoxy groups -OCH3 is 1. The number of carbonyl (C=O) groups is 1. The van der Waals surface area contributed by atoms with Crippen LogP contribution >= 0.6 is 0 Å². The van der Waals surface area contributed by atoms with Crippen molar-refractivity contribution in [3.8, 4) is 11.8 Å². The molecule has 1 saturated heterocycles. The Hall–Kier alpha value is -1.90. The molecular weight excluding hydrogens is 266 g/mol. The third-order valence-electron chi connectivity index (χ3n) is 3.81. The van der Waals surface area contributed by atoms with Crippen LogP contribution in [0.2, 0.25) is 0 Å². The summed E-state index contributed by atoms with van der Waals surface area (Å²) in [7, 11) is 1.69. The van der Waals surface area contributed by atoms with E-state index in [-0.39, 0.29) is 18.6 Å². The Morgan fingerprint density at radius 1 is 1.62 bits per heavy atom. The summed E-state index contributed by atoms with van der Waals surface area (Å²) in [4.78, 5) is 18.7. The molecule has 1 aliphatic heterocycles. The van der Waals surface area contributed by atoms with E-state index in [4.69, 9.17) is 10.5 Å². The Balaban J connectivity index is 2.20. The van der Waals surface area contributed by atoms with Crippen molar-refractivity contribution in [2.45, 2.75) is 19.4 Å². The number of likely N-dealkylation sites (tertiary alicyclic amines) is 1. The summed E-state index contributed by atoms with van der Waals surface area (Å²) in [6.07, 6.45) is 2.62. The number of piperidine rings is 1. The van der Waals surface area contributed by atoms with Gasteiger partial charge in [-0.25, -0.2) is 4.98 Å². The van der Waals surface area contributed by atoms with E-state index in [1.54, 1.807) is 30.3 Å². The number of nitrogens with two attached hydrogens (primary N) is 1. The maximum absolute atomic E-state index is 12.7. The molecule has 1 aliphatic rings. The second-order valence-corrected chi connectivity index (χ2v) is 5.20. The van der Waals surface area contributed by atoms with Crippen LogP contribution in [0.4, 0.5) is 0 Å². The first-order valence-electron chi connectivity index (χ1n) is 7.13. The number of rotatable bonds is 2. The quantitative estimate of drug-likeness (QED) is 0.820. The lowest BCUT2D eigenvalue weighted by atomic mass is 9.95. The van der Waals surface area contributed by atoms with Gasteiger partial charge in [0.1, 0.15) is 5.69 Å². The molecule has 5 heteroatoms. The van der Waals surface area contributed by atoms with Gasteiger partial charge in [-0.05, 0) is 24.5 Å². The van der Waals surface area contributed by atoms with E-state index in [1.807, 2.05) is 0 Å². The third-order valence-corrected chi connectivity index (χ3v) is 3.81. The van der Waals surface area contributed by atoms with Crippen LogP contribution in [0.25, 0.3) is 0 Å². The molecule has 2 heterocycles. The highest BCUT2D eigenvalue weighted by Gasteiger charge is 2.30. The highest BCUT2D eigenvalue weighted by molar-refractivity contribution is 5.94. The minimum Gasteiger partial charge on any atom is -0.379 e. The minimum atomic E-state index is -0.0918. The van der Waals surface area contributed by atoms with Crippen molar-refractivity contribution in [2.24, 2.45) is 11.7 Å². The average molecular weight is 287 g/mol. The highest BCUT2D eigenvalue weighted by atomic mass is 16.5. The van der Waals surface area contributed by atoms with Gasteiger partial charge in [0.05, 0.1) is 18.2 Å². The van der Waals surface area contributed by atoms with E-state index in [1.165, 1.54) is 0 Å². The first kappa shape index (κ1) is 15.5. The van der Waals surface area contributed by atoms with E-state index >= 15 is 0 Å². The van der Waals surface area contributed by atoms with Crippen molar-refractivity contribution >= 4 is 5.91 Å². The normalized spacial score (nSPS) is 21.6. The Morgan fingerprint density at radius 3 is 3.14 bits per heavy atom. The van der Waals surface area contributed by atoms with Gasteiger partial charge in [-0.15, -0.1) is 0 Å². The predicted octanol–water partition coefficient (Wildman–Crippen LogP) is 0.889. The van der Waals surface area contributed by atoms with Crippen LogP contribution in [0.1, 0.15) is 29.4 Å². The topological polar surface area (TPSA) is 68.5 Å². The van der Waals surface area contributed by atoms with Crippen molar-refractivity contribution < 1.29 is 9.53 Å². The number of nitrogens with zero attached hydrogens (tertiary/aromatic N) is 2. The lowest BCUT2D eigenvalue weighted by molar-refractivity contribution is -0.00178. The zero-order valence-corrected chi connectivity index (χ0v) is 12.5. The second kappa shape index (κ2) is 7.21. The summed E-state index contributed by atoms with van der Waals surface area (Å²) < 4.78 is 5.46. The lowest BCUT2D eigenvalue weighted by Crippen LogP contribution is -2.47. The van der Waals surface area contributed by atoms with E-state index in [9.17, 15) is 4.79 Å². The van der Waals surface area contributed by atoms with Gasteiger partial charge in [0.25, 0.3) is 5.91 Å². The minimum absolute atomic E-state index is 0.0741. The number of aromatic nitrogens is 1. The molecule has 1 fully saturated rings. The third kappa shape index (κ3) is 3.60. The molecule has 2 N–H and O–H groups in total. The summed E-state index contributed by atoms with van der Waals surface area (Å²) in [5.74, 6) is 6.05. The van der Waals surface area contributed by atoms with E-state index in [0.29, 0.717) is 23.7 Å². The maximum Gasteiger partial charge on any atom is 0.273 e. The number of hydrogen-bond donors (Lipinski definition) is 1. The number of pyridine rings is 1. The van der Waals surface area contributed by atoms with Gasteiger partial charge < -0.3 is 15.4 Å². The van der Waals surface area contributed by atoms with Gasteiger partial charge in [-0.3, -0.25) is 4.79 Å². The zero-order chi connectivity index (χ0) is 15.2. The number of amides is 1. The van der Waals surface area contributed by atoms with Crippen LogP contribution < -0.4 is 5.73 Å². The summed E-state index contributed by atoms with van der Waals surface area (Å²) in [5.41, 5.74) is 6.41. The Bertz CT molecular complexity index is 562. The van der Waals surface area contributed by atoms with Crippen LogP contribution in [-0.4, -0.2) is 48.6 Å².